The molecule has 27 heavy (non-hydrogen) atoms. The van der Waals surface area contributed by atoms with E-state index in [0.29, 0.717) is 10.8 Å². The molecule has 1 aromatic heterocycles. The number of nitrogens with one attached hydrogen (secondary N) is 1. The summed E-state index contributed by atoms with van der Waals surface area (Å²) in [6.45, 7) is 2.25. The van der Waals surface area contributed by atoms with Crippen molar-refractivity contribution in [2.75, 3.05) is 17.7 Å². The summed E-state index contributed by atoms with van der Waals surface area (Å²) in [6.07, 6.45) is 2.76. The summed E-state index contributed by atoms with van der Waals surface area (Å²) in [5.41, 5.74) is 10.8. The molecule has 0 aliphatic carbocycles. The van der Waals surface area contributed by atoms with E-state index in [9.17, 15) is 0 Å². The fourth-order valence-corrected chi connectivity index (χ4v) is 3.05. The molecule has 2 aromatic carbocycles. The normalized spacial score (nSPS) is 10.8. The first-order chi connectivity index (χ1) is 13.0. The lowest BCUT2D eigenvalue weighted by Crippen LogP contribution is -2.02. The maximum atomic E-state index is 8.87. The molecule has 4 N–H and O–H groups in total. The van der Waals surface area contributed by atoms with Crippen molar-refractivity contribution >= 4 is 29.1 Å². The average molecular weight is 383 g/mol. The molecule has 0 unspecified atom stereocenters. The number of nitrogens with zero attached hydrogens (tertiary/aromatic N) is 2. The molecule has 140 valence electrons. The van der Waals surface area contributed by atoms with Crippen molar-refractivity contribution in [1.29, 1.82) is 0 Å². The van der Waals surface area contributed by atoms with Crippen LogP contribution >= 0.6 is 11.6 Å². The second-order valence-electron chi connectivity index (χ2n) is 6.46. The molecule has 0 radical (unpaired) electrons. The number of aliphatic hydroxyl groups is 1. The molecule has 0 atom stereocenters. The molecule has 6 heteroatoms. The fourth-order valence-electron chi connectivity index (χ4n) is 2.88. The minimum atomic E-state index is 0.204. The third-order valence-corrected chi connectivity index (χ3v) is 4.55. The molecule has 1 heterocycles. The van der Waals surface area contributed by atoms with Gasteiger partial charge in [-0.2, -0.15) is 4.98 Å². The van der Waals surface area contributed by atoms with Crippen LogP contribution in [0.25, 0.3) is 11.3 Å². The van der Waals surface area contributed by atoms with Gasteiger partial charge in [-0.1, -0.05) is 29.8 Å². The lowest BCUT2D eigenvalue weighted by molar-refractivity contribution is 0.284. The molecular weight excluding hydrogens is 360 g/mol. The van der Waals surface area contributed by atoms with Crippen LogP contribution < -0.4 is 11.1 Å². The highest BCUT2D eigenvalue weighted by atomic mass is 35.5. The van der Waals surface area contributed by atoms with Crippen LogP contribution in [0.5, 0.6) is 0 Å². The number of anilines is 3. The van der Waals surface area contributed by atoms with E-state index in [4.69, 9.17) is 22.4 Å². The Bertz CT molecular complexity index is 913. The predicted molar refractivity (Wildman–Crippen MR) is 111 cm³/mol. The van der Waals surface area contributed by atoms with E-state index in [1.54, 1.807) is 0 Å². The number of rotatable bonds is 7. The zero-order valence-electron chi connectivity index (χ0n) is 15.2. The highest BCUT2D eigenvalue weighted by Crippen LogP contribution is 2.28. The second kappa shape index (κ2) is 8.84. The third kappa shape index (κ3) is 5.18. The van der Waals surface area contributed by atoms with Gasteiger partial charge in [-0.05, 0) is 61.6 Å². The number of aliphatic hydroxyl groups excluding tert-OH is 1. The summed E-state index contributed by atoms with van der Waals surface area (Å²) in [4.78, 5) is 8.64. The van der Waals surface area contributed by atoms with Crippen molar-refractivity contribution in [2.45, 2.75) is 26.2 Å². The van der Waals surface area contributed by atoms with Crippen LogP contribution in [0, 0.1) is 6.92 Å². The Morgan fingerprint density at radius 2 is 1.81 bits per heavy atom. The Labute approximate surface area is 164 Å². The highest BCUT2D eigenvalue weighted by Gasteiger charge is 2.09. The molecule has 0 spiro atoms. The number of aryl methyl sites for hydroxylation is 2. The molecule has 0 fully saturated rings. The van der Waals surface area contributed by atoms with Gasteiger partial charge in [0.15, 0.2) is 0 Å². The Hall–Kier alpha value is -2.63. The maximum Gasteiger partial charge on any atom is 0.222 e. The van der Waals surface area contributed by atoms with Crippen LogP contribution in [0.4, 0.5) is 17.5 Å². The number of unbranched alkanes of at least 4 members (excludes halogenated alkanes) is 1. The lowest BCUT2D eigenvalue weighted by atomic mass is 10.1. The minimum absolute atomic E-state index is 0.204. The summed E-state index contributed by atoms with van der Waals surface area (Å²) in [5.74, 6) is 0.833. The van der Waals surface area contributed by atoms with Crippen molar-refractivity contribution < 1.29 is 5.11 Å². The van der Waals surface area contributed by atoms with E-state index >= 15 is 0 Å². The van der Waals surface area contributed by atoms with Crippen molar-refractivity contribution in [3.63, 3.8) is 0 Å². The Balaban J connectivity index is 1.79. The lowest BCUT2D eigenvalue weighted by Gasteiger charge is -2.11. The summed E-state index contributed by atoms with van der Waals surface area (Å²) in [7, 11) is 0. The van der Waals surface area contributed by atoms with Crippen molar-refractivity contribution in [1.82, 2.24) is 9.97 Å². The van der Waals surface area contributed by atoms with Gasteiger partial charge in [0.05, 0.1) is 5.69 Å². The van der Waals surface area contributed by atoms with Crippen LogP contribution in [-0.2, 0) is 6.42 Å². The molecule has 0 aliphatic rings. The number of nitrogen functional groups attached to an aromatic ring is 1. The number of benzene rings is 2. The molecule has 5 nitrogen and oxygen atoms in total. The Morgan fingerprint density at radius 3 is 2.56 bits per heavy atom. The summed E-state index contributed by atoms with van der Waals surface area (Å²) in [6, 6.07) is 15.7. The number of halogens is 1. The zero-order valence-corrected chi connectivity index (χ0v) is 16.0. The number of hydrogen-bond donors (Lipinski definition) is 3. The smallest absolute Gasteiger partial charge is 0.222 e. The van der Waals surface area contributed by atoms with Crippen molar-refractivity contribution in [3.8, 4) is 11.3 Å². The van der Waals surface area contributed by atoms with Crippen LogP contribution in [0.2, 0.25) is 5.02 Å². The monoisotopic (exact) mass is 382 g/mol. The SMILES string of the molecule is Cc1ccc(Cl)cc1-c1cc(Nc2ccc(CCCCO)cc2)nc(N)n1. The van der Waals surface area contributed by atoms with Crippen LogP contribution in [0.15, 0.2) is 48.5 Å². The van der Waals surface area contributed by atoms with E-state index in [1.807, 2.05) is 43.3 Å². The Morgan fingerprint density at radius 1 is 1.04 bits per heavy atom. The van der Waals surface area contributed by atoms with Gasteiger partial charge in [-0.15, -0.1) is 0 Å². The molecular formula is C21H23ClN4O. The quantitative estimate of drug-likeness (QED) is 0.513. The molecule has 3 rings (SSSR count). The summed E-state index contributed by atoms with van der Waals surface area (Å²) in [5, 5.41) is 12.8. The average Bonchev–Trinajstić information content (AvgIpc) is 2.65. The van der Waals surface area contributed by atoms with Crippen LogP contribution in [-0.4, -0.2) is 21.7 Å². The first kappa shape index (κ1) is 19.1. The predicted octanol–water partition coefficient (Wildman–Crippen LogP) is 4.75. The Kier molecular flexibility index (Phi) is 6.27. The number of nitrogens with two attached hydrogens (primary N) is 1. The molecule has 0 saturated heterocycles. The third-order valence-electron chi connectivity index (χ3n) is 4.32. The standard InChI is InChI=1S/C21H23ClN4O/c1-14-5-8-16(22)12-18(14)19-13-20(26-21(23)25-19)24-17-9-6-15(7-10-17)4-2-3-11-27/h5-10,12-13,27H,2-4,11H2,1H3,(H3,23,24,25,26). The number of aromatic nitrogens is 2. The fraction of sp³-hybridized carbons (Fsp3) is 0.238. The molecule has 0 bridgehead atoms. The van der Waals surface area contributed by atoms with Gasteiger partial charge in [-0.25, -0.2) is 4.98 Å². The van der Waals surface area contributed by atoms with E-state index in [2.05, 4.69) is 27.4 Å². The van der Waals surface area contributed by atoms with Gasteiger partial charge < -0.3 is 16.2 Å². The van der Waals surface area contributed by atoms with E-state index < -0.39 is 0 Å². The molecule has 0 saturated carbocycles. The van der Waals surface area contributed by atoms with Gasteiger partial charge in [0.2, 0.25) is 5.95 Å². The highest BCUT2D eigenvalue weighted by molar-refractivity contribution is 6.30. The molecule has 0 amide bonds. The molecule has 0 aliphatic heterocycles. The van der Waals surface area contributed by atoms with Crippen LogP contribution in [0.1, 0.15) is 24.0 Å². The van der Waals surface area contributed by atoms with Gasteiger partial charge in [-0.3, -0.25) is 0 Å². The van der Waals surface area contributed by atoms with Gasteiger partial charge in [0.1, 0.15) is 5.82 Å². The van der Waals surface area contributed by atoms with E-state index in [0.717, 1.165) is 41.8 Å². The first-order valence-corrected chi connectivity index (χ1v) is 9.31. The zero-order chi connectivity index (χ0) is 19.2. The van der Waals surface area contributed by atoms with E-state index in [-0.39, 0.29) is 12.6 Å². The largest absolute Gasteiger partial charge is 0.396 e. The molecule has 3 aromatic rings. The van der Waals surface area contributed by atoms with E-state index in [1.165, 1.54) is 5.56 Å². The van der Waals surface area contributed by atoms with Crippen LogP contribution in [0.3, 0.4) is 0 Å². The topological polar surface area (TPSA) is 84.1 Å². The summed E-state index contributed by atoms with van der Waals surface area (Å²) >= 11 is 6.13. The number of hydrogen-bond acceptors (Lipinski definition) is 5. The van der Waals surface area contributed by atoms with Crippen molar-refractivity contribution in [2.24, 2.45) is 0 Å². The minimum Gasteiger partial charge on any atom is -0.396 e. The van der Waals surface area contributed by atoms with Gasteiger partial charge in [0.25, 0.3) is 0 Å². The first-order valence-electron chi connectivity index (χ1n) is 8.93. The summed E-state index contributed by atoms with van der Waals surface area (Å²) < 4.78 is 0. The maximum absolute atomic E-state index is 8.87. The van der Waals surface area contributed by atoms with Gasteiger partial charge >= 0.3 is 0 Å². The van der Waals surface area contributed by atoms with Gasteiger partial charge in [0, 0.05) is 28.9 Å². The second-order valence-corrected chi connectivity index (χ2v) is 6.89. The van der Waals surface area contributed by atoms with Crippen molar-refractivity contribution in [3.05, 3.63) is 64.7 Å².